The molecule has 2 nitrogen and oxygen atoms in total. The van der Waals surface area contributed by atoms with E-state index in [9.17, 15) is 0 Å². The van der Waals surface area contributed by atoms with E-state index in [1.807, 2.05) is 0 Å². The van der Waals surface area contributed by atoms with Crippen LogP contribution in [0.15, 0.2) is 0 Å². The minimum Gasteiger partial charge on any atom is -2.00 e. The van der Waals surface area contributed by atoms with Crippen molar-refractivity contribution in [3.8, 4) is 0 Å². The molecule has 0 rings (SSSR count). The summed E-state index contributed by atoms with van der Waals surface area (Å²) >= 11 is 0. The Morgan fingerprint density at radius 1 is 1.00 bits per heavy atom. The first-order valence-corrected chi connectivity index (χ1v) is 0. The number of rotatable bonds is 0. The maximum atomic E-state index is 0. The monoisotopic (exact) mass is 260 g/mol. The van der Waals surface area contributed by atoms with Crippen LogP contribution in [-0.4, -0.2) is 0 Å². The predicted molar refractivity (Wildman–Crippen MR) is 2.49 cm³/mol. The molecule has 0 aliphatic heterocycles. The Bertz CT molecular complexity index is 22.0. The van der Waals surface area contributed by atoms with Gasteiger partial charge in [-0.05, 0) is 0 Å². The zero-order chi connectivity index (χ0) is 0. The van der Waals surface area contributed by atoms with Gasteiger partial charge in [0.2, 0.25) is 0 Å². The van der Waals surface area contributed by atoms with Crippen molar-refractivity contribution in [3.05, 3.63) is 0 Å². The molecule has 0 aromatic carbocycles. The smallest absolute Gasteiger partial charge is 2.00 e. The molecule has 0 heterocycles. The minimum absolute atomic E-state index is 0. The molecule has 0 saturated carbocycles. The maximum Gasteiger partial charge on any atom is 4.00 e. The van der Waals surface area contributed by atoms with E-state index in [0.29, 0.717) is 0 Å². The summed E-state index contributed by atoms with van der Waals surface area (Å²) < 4.78 is 0. The van der Waals surface area contributed by atoms with E-state index in [2.05, 4.69) is 0 Å². The van der Waals surface area contributed by atoms with Crippen LogP contribution < -0.4 is 18.9 Å². The van der Waals surface area contributed by atoms with Crippen molar-refractivity contribution in [1.82, 2.24) is 0 Å². The Morgan fingerprint density at radius 3 is 1.00 bits per heavy atom. The Morgan fingerprint density at radius 2 is 1.00 bits per heavy atom. The van der Waals surface area contributed by atoms with Gasteiger partial charge in [0.15, 0.2) is 0 Å². The van der Waals surface area contributed by atoms with Gasteiger partial charge in [-0.1, -0.05) is 0 Å². The third-order valence-corrected chi connectivity index (χ3v) is 0. The largest absolute Gasteiger partial charge is 4.00 e. The second-order valence-corrected chi connectivity index (χ2v) is 0. The van der Waals surface area contributed by atoms with Gasteiger partial charge in [0, 0.05) is 50.3 Å². The molecule has 7 heavy (non-hydrogen) atoms. The van der Waals surface area contributed by atoms with Crippen molar-refractivity contribution in [2.24, 2.45) is 0 Å². The first kappa shape index (κ1) is 98.7. The van der Waals surface area contributed by atoms with Crippen LogP contribution in [0.1, 0.15) is 1.43 Å². The first-order chi connectivity index (χ1) is 0. The standard InChI is InChI=1S/Co.Li.Mn.Ni.2O.Ti.H/q;+1;;;2*-2;+4;-1. The molecule has 0 aliphatic rings. The van der Waals surface area contributed by atoms with Gasteiger partial charge in [0.25, 0.3) is 0 Å². The van der Waals surface area contributed by atoms with E-state index < -0.39 is 0 Å². The van der Waals surface area contributed by atoms with E-state index in [4.69, 9.17) is 0 Å². The Kier molecular flexibility index (Phi) is 979. The van der Waals surface area contributed by atoms with Crippen molar-refractivity contribution in [2.75, 3.05) is 0 Å². The molecule has 0 spiro atoms. The molecule has 7 heteroatoms. The van der Waals surface area contributed by atoms with Gasteiger partial charge in [-0.3, -0.25) is 0 Å². The summed E-state index contributed by atoms with van der Waals surface area (Å²) in [5.74, 6) is 0. The zero-order valence-corrected chi connectivity index (χ0v) is 8.11. The summed E-state index contributed by atoms with van der Waals surface area (Å²) in [6.45, 7) is 0. The van der Waals surface area contributed by atoms with E-state index in [-0.39, 0.29) is 103 Å². The molecule has 0 amide bonds. The Labute approximate surface area is 102 Å². The third kappa shape index (κ3) is 52.7. The van der Waals surface area contributed by atoms with E-state index >= 15 is 0 Å². The Balaban J connectivity index is 0. The number of hydrogen-bond acceptors (Lipinski definition) is 0. The molecule has 0 fully saturated rings. The third-order valence-electron chi connectivity index (χ3n) is 0. The molecule has 2 radical (unpaired) electrons. The first-order valence-electron chi connectivity index (χ1n) is 0. The van der Waals surface area contributed by atoms with Crippen LogP contribution >= 0.6 is 0 Å². The summed E-state index contributed by atoms with van der Waals surface area (Å²) in [7, 11) is 0. The van der Waals surface area contributed by atoms with Gasteiger partial charge in [-0.25, -0.2) is 0 Å². The van der Waals surface area contributed by atoms with Crippen LogP contribution in [0.2, 0.25) is 0 Å². The van der Waals surface area contributed by atoms with Crippen molar-refractivity contribution in [3.63, 3.8) is 0 Å². The molecule has 0 aliphatic carbocycles. The molecule has 0 aromatic heterocycles. The minimum atomic E-state index is 0. The van der Waals surface area contributed by atoms with E-state index in [0.717, 1.165) is 0 Å². The summed E-state index contributed by atoms with van der Waals surface area (Å²) in [4.78, 5) is 0. The van der Waals surface area contributed by atoms with Crippen LogP contribution in [-0.2, 0) is 83.0 Å². The molecule has 44 valence electrons. The Hall–Kier alpha value is 2.75. The van der Waals surface area contributed by atoms with Gasteiger partial charge < -0.3 is 12.4 Å². The normalized spacial score (nSPS) is 0. The molecule has 0 atom stereocenters. The quantitative estimate of drug-likeness (QED) is 0.414. The number of hydrogen-bond donors (Lipinski definition) is 0. The van der Waals surface area contributed by atoms with Crippen LogP contribution in [0, 0.1) is 0 Å². The molecule has 0 N–H and O–H groups in total. The fourth-order valence-electron chi connectivity index (χ4n) is 0. The summed E-state index contributed by atoms with van der Waals surface area (Å²) in [6.07, 6.45) is 0. The second-order valence-electron chi connectivity index (χ2n) is 0. The molecular weight excluding hydrogens is 259 g/mol. The average Bonchev–Trinajstić information content (AvgIpc) is 0. The van der Waals surface area contributed by atoms with Crippen molar-refractivity contribution in [2.45, 2.75) is 0 Å². The van der Waals surface area contributed by atoms with E-state index in [1.165, 1.54) is 0 Å². The van der Waals surface area contributed by atoms with Crippen LogP contribution in [0.3, 0.4) is 0 Å². The zero-order valence-electron chi connectivity index (χ0n) is 4.34. The average molecular weight is 260 g/mol. The van der Waals surface area contributed by atoms with Gasteiger partial charge in [0.05, 0.1) is 0 Å². The fourth-order valence-corrected chi connectivity index (χ4v) is 0. The predicted octanol–water partition coefficient (Wildman–Crippen LogP) is -3.13. The van der Waals surface area contributed by atoms with Crippen molar-refractivity contribution >= 4 is 0 Å². The van der Waals surface area contributed by atoms with Crippen LogP contribution in [0.5, 0.6) is 0 Å². The molecular formula is HCoLiMnNiO2Ti. The molecule has 0 bridgehead atoms. The van der Waals surface area contributed by atoms with Gasteiger partial charge in [-0.2, -0.15) is 0 Å². The van der Waals surface area contributed by atoms with Crippen LogP contribution in [0.4, 0.5) is 0 Å². The fraction of sp³-hybridized carbons (Fsp3) is 0. The maximum absolute atomic E-state index is 0. The SMILES string of the molecule is [Co].[H-].[Li+].[Mn].[Ni].[O-2].[O-2].[Ti+4]. The van der Waals surface area contributed by atoms with Gasteiger partial charge in [-0.15, -0.1) is 0 Å². The van der Waals surface area contributed by atoms with Gasteiger partial charge in [0.1, 0.15) is 0 Å². The topological polar surface area (TPSA) is 57.0 Å². The molecule has 0 saturated heterocycles. The van der Waals surface area contributed by atoms with E-state index in [1.54, 1.807) is 0 Å². The van der Waals surface area contributed by atoms with Crippen LogP contribution in [0.25, 0.3) is 0 Å². The summed E-state index contributed by atoms with van der Waals surface area (Å²) in [5, 5.41) is 0. The molecule has 0 aromatic rings. The molecule has 0 unspecified atom stereocenters. The van der Waals surface area contributed by atoms with Crippen molar-refractivity contribution in [1.29, 1.82) is 0 Å². The van der Waals surface area contributed by atoms with Crippen molar-refractivity contribution < 1.29 is 103 Å². The second kappa shape index (κ2) is 69.5. The van der Waals surface area contributed by atoms with Gasteiger partial charge >= 0.3 is 40.6 Å². The summed E-state index contributed by atoms with van der Waals surface area (Å²) in [6, 6.07) is 0. The summed E-state index contributed by atoms with van der Waals surface area (Å²) in [5.41, 5.74) is 0.